The average molecular weight is 413 g/mol. The summed E-state index contributed by atoms with van der Waals surface area (Å²) < 4.78 is 64.3. The summed E-state index contributed by atoms with van der Waals surface area (Å²) in [6, 6.07) is 13.9. The molecular weight excluding hydrogens is 391 g/mol. The Morgan fingerprint density at radius 1 is 0.964 bits per heavy atom. The fraction of sp³-hybridized carbons (Fsp3) is 0.400. The molecule has 1 fully saturated rings. The highest BCUT2D eigenvalue weighted by Gasteiger charge is 2.51. The lowest BCUT2D eigenvalue weighted by Gasteiger charge is -2.34. The Hall–Kier alpha value is -2.06. The zero-order valence-corrected chi connectivity index (χ0v) is 16.2. The minimum Gasteiger partial charge on any atom is -0.376 e. The number of aliphatic hydroxyl groups is 1. The van der Waals surface area contributed by atoms with Gasteiger partial charge in [-0.2, -0.15) is 13.2 Å². The second-order valence-corrected chi connectivity index (χ2v) is 9.39. The van der Waals surface area contributed by atoms with E-state index in [0.717, 1.165) is 6.92 Å². The largest absolute Gasteiger partial charge is 0.421 e. The standard InChI is InChI=1S/C20H22F3NO3S/c1-19(25,20(21,22)23)15-7-9-16(10-8-15)24-13-11-18(12-14-24)28(26,27)17-5-3-2-4-6-17/h2-10,18,25H,11-14H2,1H3. The normalized spacial score (nSPS) is 18.7. The molecule has 1 atom stereocenters. The molecule has 1 heterocycles. The molecule has 0 aromatic heterocycles. The lowest BCUT2D eigenvalue weighted by atomic mass is 9.95. The Kier molecular flexibility index (Phi) is 5.46. The first-order valence-electron chi connectivity index (χ1n) is 8.97. The smallest absolute Gasteiger partial charge is 0.376 e. The van der Waals surface area contributed by atoms with E-state index in [4.69, 9.17) is 0 Å². The molecule has 28 heavy (non-hydrogen) atoms. The molecule has 2 aromatic rings. The number of nitrogens with zero attached hydrogens (tertiary/aromatic N) is 1. The van der Waals surface area contributed by atoms with Crippen LogP contribution in [0.25, 0.3) is 0 Å². The van der Waals surface area contributed by atoms with Crippen LogP contribution < -0.4 is 4.90 Å². The molecule has 1 N–H and O–H groups in total. The van der Waals surface area contributed by atoms with E-state index >= 15 is 0 Å². The van der Waals surface area contributed by atoms with Crippen molar-refractivity contribution in [3.05, 3.63) is 60.2 Å². The van der Waals surface area contributed by atoms with Crippen molar-refractivity contribution >= 4 is 15.5 Å². The fourth-order valence-electron chi connectivity index (χ4n) is 3.39. The average Bonchev–Trinajstić information content (AvgIpc) is 2.68. The molecule has 1 saturated heterocycles. The van der Waals surface area contributed by atoms with Crippen LogP contribution in [0.4, 0.5) is 18.9 Å². The van der Waals surface area contributed by atoms with Crippen LogP contribution in [-0.4, -0.2) is 38.0 Å². The number of rotatable bonds is 4. The van der Waals surface area contributed by atoms with E-state index in [2.05, 4.69) is 0 Å². The molecule has 0 saturated carbocycles. The molecule has 4 nitrogen and oxygen atoms in total. The van der Waals surface area contributed by atoms with E-state index in [-0.39, 0.29) is 5.56 Å². The van der Waals surface area contributed by atoms with Gasteiger partial charge in [0, 0.05) is 18.8 Å². The molecule has 3 rings (SSSR count). The van der Waals surface area contributed by atoms with E-state index in [1.165, 1.54) is 24.3 Å². The predicted octanol–water partition coefficient (Wildman–Crippen LogP) is 3.90. The number of hydrogen-bond acceptors (Lipinski definition) is 4. The van der Waals surface area contributed by atoms with Crippen molar-refractivity contribution in [1.29, 1.82) is 0 Å². The van der Waals surface area contributed by atoms with Crippen LogP contribution in [0.3, 0.4) is 0 Å². The number of alkyl halides is 3. The number of benzene rings is 2. The van der Waals surface area contributed by atoms with Crippen LogP contribution in [0.15, 0.2) is 59.5 Å². The minimum absolute atomic E-state index is 0.231. The highest BCUT2D eigenvalue weighted by molar-refractivity contribution is 7.92. The van der Waals surface area contributed by atoms with E-state index in [9.17, 15) is 26.7 Å². The van der Waals surface area contributed by atoms with Gasteiger partial charge >= 0.3 is 6.18 Å². The molecule has 2 aromatic carbocycles. The summed E-state index contributed by atoms with van der Waals surface area (Å²) >= 11 is 0. The van der Waals surface area contributed by atoms with E-state index in [1.54, 1.807) is 30.3 Å². The summed E-state index contributed by atoms with van der Waals surface area (Å²) in [5.41, 5.74) is -2.44. The predicted molar refractivity (Wildman–Crippen MR) is 101 cm³/mol. The molecule has 8 heteroatoms. The topological polar surface area (TPSA) is 57.6 Å². The maximum Gasteiger partial charge on any atom is 0.421 e. The number of hydrogen-bond donors (Lipinski definition) is 1. The SMILES string of the molecule is CC(O)(c1ccc(N2CCC(S(=O)(=O)c3ccccc3)CC2)cc1)C(F)(F)F. The monoisotopic (exact) mass is 413 g/mol. The van der Waals surface area contributed by atoms with Gasteiger partial charge in [0.25, 0.3) is 0 Å². The van der Waals surface area contributed by atoms with Crippen molar-refractivity contribution in [2.24, 2.45) is 0 Å². The second kappa shape index (κ2) is 7.40. The van der Waals surface area contributed by atoms with Gasteiger partial charge in [-0.3, -0.25) is 0 Å². The molecule has 0 amide bonds. The molecule has 1 unspecified atom stereocenters. The Morgan fingerprint density at radius 2 is 1.50 bits per heavy atom. The molecule has 0 radical (unpaired) electrons. The summed E-state index contributed by atoms with van der Waals surface area (Å²) in [5.74, 6) is 0. The zero-order chi connectivity index (χ0) is 20.6. The summed E-state index contributed by atoms with van der Waals surface area (Å²) in [6.45, 7) is 1.71. The molecule has 0 spiro atoms. The summed E-state index contributed by atoms with van der Waals surface area (Å²) in [4.78, 5) is 2.26. The first kappa shape index (κ1) is 20.7. The molecule has 0 aliphatic carbocycles. The zero-order valence-electron chi connectivity index (χ0n) is 15.4. The van der Waals surface area contributed by atoms with Gasteiger partial charge in [-0.1, -0.05) is 30.3 Å². The van der Waals surface area contributed by atoms with Crippen LogP contribution >= 0.6 is 0 Å². The third kappa shape index (κ3) is 3.89. The number of sulfone groups is 1. The van der Waals surface area contributed by atoms with E-state index < -0.39 is 26.9 Å². The van der Waals surface area contributed by atoms with Crippen molar-refractivity contribution in [1.82, 2.24) is 0 Å². The van der Waals surface area contributed by atoms with Crippen molar-refractivity contribution < 1.29 is 26.7 Å². The Bertz CT molecular complexity index is 902. The first-order valence-corrected chi connectivity index (χ1v) is 10.5. The van der Waals surface area contributed by atoms with Crippen LogP contribution in [0, 0.1) is 0 Å². The number of halogens is 3. The third-order valence-electron chi connectivity index (χ3n) is 5.30. The maximum absolute atomic E-state index is 13.0. The van der Waals surface area contributed by atoms with Crippen molar-refractivity contribution in [3.8, 4) is 0 Å². The van der Waals surface area contributed by atoms with Crippen LogP contribution in [0.5, 0.6) is 0 Å². The highest BCUT2D eigenvalue weighted by atomic mass is 32.2. The molecule has 1 aliphatic heterocycles. The molecule has 1 aliphatic rings. The summed E-state index contributed by atoms with van der Waals surface area (Å²) in [6.07, 6.45) is -3.88. The van der Waals surface area contributed by atoms with Gasteiger partial charge in [0.1, 0.15) is 0 Å². The molecular formula is C20H22F3NO3S. The Morgan fingerprint density at radius 3 is 2.00 bits per heavy atom. The van der Waals surface area contributed by atoms with E-state index in [0.29, 0.717) is 36.5 Å². The lowest BCUT2D eigenvalue weighted by molar-refractivity contribution is -0.258. The summed E-state index contributed by atoms with van der Waals surface area (Å²) in [5, 5.41) is 9.28. The van der Waals surface area contributed by atoms with Crippen LogP contribution in [-0.2, 0) is 15.4 Å². The van der Waals surface area contributed by atoms with Crippen molar-refractivity contribution in [2.45, 2.75) is 41.7 Å². The van der Waals surface area contributed by atoms with Gasteiger partial charge in [-0.25, -0.2) is 8.42 Å². The lowest BCUT2D eigenvalue weighted by Crippen LogP contribution is -2.40. The van der Waals surface area contributed by atoms with Gasteiger partial charge in [-0.05, 0) is 49.6 Å². The van der Waals surface area contributed by atoms with Gasteiger partial charge in [-0.15, -0.1) is 0 Å². The number of anilines is 1. The quantitative estimate of drug-likeness (QED) is 0.826. The van der Waals surface area contributed by atoms with Crippen LogP contribution in [0.2, 0.25) is 0 Å². The summed E-state index contributed by atoms with van der Waals surface area (Å²) in [7, 11) is -3.39. The fourth-order valence-corrected chi connectivity index (χ4v) is 5.14. The van der Waals surface area contributed by atoms with Gasteiger partial charge in [0.05, 0.1) is 10.1 Å². The van der Waals surface area contributed by atoms with Gasteiger partial charge < -0.3 is 10.0 Å². The van der Waals surface area contributed by atoms with E-state index in [1.807, 2.05) is 4.90 Å². The van der Waals surface area contributed by atoms with Crippen molar-refractivity contribution in [2.75, 3.05) is 18.0 Å². The van der Waals surface area contributed by atoms with Gasteiger partial charge in [0.2, 0.25) is 0 Å². The highest BCUT2D eigenvalue weighted by Crippen LogP contribution is 2.39. The van der Waals surface area contributed by atoms with Gasteiger partial charge in [0.15, 0.2) is 15.4 Å². The molecule has 0 bridgehead atoms. The number of piperidine rings is 1. The first-order chi connectivity index (χ1) is 13.0. The Balaban J connectivity index is 1.69. The third-order valence-corrected chi connectivity index (χ3v) is 7.58. The molecule has 152 valence electrons. The van der Waals surface area contributed by atoms with Crippen LogP contribution in [0.1, 0.15) is 25.3 Å². The van der Waals surface area contributed by atoms with Crippen molar-refractivity contribution in [3.63, 3.8) is 0 Å². The Labute approximate surface area is 162 Å². The minimum atomic E-state index is -4.77. The maximum atomic E-state index is 13.0. The second-order valence-electron chi connectivity index (χ2n) is 7.16.